The first kappa shape index (κ1) is 16.6. The fourth-order valence-corrected chi connectivity index (χ4v) is 3.70. The number of furan rings is 1. The summed E-state index contributed by atoms with van der Waals surface area (Å²) in [5, 5.41) is 0.943. The first-order valence-corrected chi connectivity index (χ1v) is 9.10. The number of allylic oxidation sites excluding steroid dienone is 1. The first-order chi connectivity index (χ1) is 12.7. The highest BCUT2D eigenvalue weighted by atomic mass is 16.3. The first-order valence-electron chi connectivity index (χ1n) is 9.10. The predicted octanol–water partition coefficient (Wildman–Crippen LogP) is 4.80. The van der Waals surface area contributed by atoms with Gasteiger partial charge in [-0.25, -0.2) is 4.98 Å². The van der Waals surface area contributed by atoms with E-state index < -0.39 is 0 Å². The van der Waals surface area contributed by atoms with Crippen LogP contribution in [0.1, 0.15) is 47.1 Å². The molecule has 0 unspecified atom stereocenters. The lowest BCUT2D eigenvalue weighted by Gasteiger charge is -2.19. The van der Waals surface area contributed by atoms with Crippen LogP contribution in [0.3, 0.4) is 0 Å². The highest BCUT2D eigenvalue weighted by Gasteiger charge is 2.28. The molecule has 4 rings (SSSR count). The molecule has 26 heavy (non-hydrogen) atoms. The molecule has 0 radical (unpaired) electrons. The van der Waals surface area contributed by atoms with Crippen molar-refractivity contribution in [1.82, 2.24) is 9.88 Å². The van der Waals surface area contributed by atoms with Crippen LogP contribution in [0.4, 0.5) is 0 Å². The summed E-state index contributed by atoms with van der Waals surface area (Å²) < 4.78 is 5.47. The van der Waals surface area contributed by atoms with E-state index in [1.807, 2.05) is 54.4 Å². The average molecular weight is 346 g/mol. The molecule has 0 fully saturated rings. The summed E-state index contributed by atoms with van der Waals surface area (Å²) in [5.41, 5.74) is 4.81. The summed E-state index contributed by atoms with van der Waals surface area (Å²) in [6.45, 7) is 2.84. The van der Waals surface area contributed by atoms with E-state index in [-0.39, 0.29) is 5.91 Å². The van der Waals surface area contributed by atoms with Crippen LogP contribution in [0.15, 0.2) is 47.1 Å². The smallest absolute Gasteiger partial charge is 0.254 e. The Morgan fingerprint density at radius 2 is 2.08 bits per heavy atom. The Labute approximate surface area is 153 Å². The Morgan fingerprint density at radius 1 is 1.23 bits per heavy atom. The molecule has 1 aliphatic carbocycles. The molecule has 2 aromatic heterocycles. The van der Waals surface area contributed by atoms with E-state index >= 15 is 0 Å². The zero-order valence-corrected chi connectivity index (χ0v) is 15.2. The van der Waals surface area contributed by atoms with Gasteiger partial charge >= 0.3 is 0 Å². The van der Waals surface area contributed by atoms with Crippen LogP contribution in [0.5, 0.6) is 0 Å². The van der Waals surface area contributed by atoms with Gasteiger partial charge in [-0.05, 0) is 54.7 Å². The molecule has 4 heteroatoms. The lowest BCUT2D eigenvalue weighted by Crippen LogP contribution is -2.28. The highest BCUT2D eigenvalue weighted by Crippen LogP contribution is 2.37. The Balaban J connectivity index is 1.90. The van der Waals surface area contributed by atoms with Crippen LogP contribution in [0.2, 0.25) is 0 Å². The number of carbonyl (C=O) groups excluding carboxylic acids is 1. The van der Waals surface area contributed by atoms with Crippen LogP contribution in [-0.4, -0.2) is 29.4 Å². The van der Waals surface area contributed by atoms with Gasteiger partial charge in [-0.2, -0.15) is 0 Å². The maximum absolute atomic E-state index is 13.2. The second-order valence-corrected chi connectivity index (χ2v) is 6.74. The molecule has 0 atom stereocenters. The van der Waals surface area contributed by atoms with E-state index in [4.69, 9.17) is 9.40 Å². The van der Waals surface area contributed by atoms with Crippen molar-refractivity contribution in [2.24, 2.45) is 0 Å². The topological polar surface area (TPSA) is 46.3 Å². The number of nitrogens with zero attached hydrogens (tertiary/aromatic N) is 2. The van der Waals surface area contributed by atoms with Crippen molar-refractivity contribution in [2.75, 3.05) is 13.6 Å². The van der Waals surface area contributed by atoms with Crippen molar-refractivity contribution in [3.8, 4) is 0 Å². The Morgan fingerprint density at radius 3 is 2.85 bits per heavy atom. The van der Waals surface area contributed by atoms with Gasteiger partial charge in [-0.3, -0.25) is 4.79 Å². The number of aromatic nitrogens is 1. The van der Waals surface area contributed by atoms with Gasteiger partial charge in [0.2, 0.25) is 0 Å². The largest absolute Gasteiger partial charge is 0.465 e. The van der Waals surface area contributed by atoms with Crippen molar-refractivity contribution in [2.45, 2.75) is 26.2 Å². The molecule has 0 aliphatic heterocycles. The van der Waals surface area contributed by atoms with Crippen LogP contribution < -0.4 is 0 Å². The predicted molar refractivity (Wildman–Crippen MR) is 104 cm³/mol. The molecule has 2 heterocycles. The molecule has 0 saturated carbocycles. The minimum atomic E-state index is 0.0842. The molecule has 1 aliphatic rings. The van der Waals surface area contributed by atoms with E-state index in [2.05, 4.69) is 6.92 Å². The Bertz CT molecular complexity index is 987. The van der Waals surface area contributed by atoms with E-state index in [0.717, 1.165) is 64.9 Å². The standard InChI is InChI=1S/C22H22N2O2/c1-3-12-24(2)22(25)20-17-8-4-5-9-19(17)23-21-15(10-11-18(20)21)14-16-7-6-13-26-16/h4-9,13-14H,3,10-12H2,1-2H3/b15-14-. The zero-order chi connectivity index (χ0) is 18.1. The number of para-hydroxylation sites is 1. The molecule has 132 valence electrons. The second-order valence-electron chi connectivity index (χ2n) is 6.74. The number of carbonyl (C=O) groups is 1. The van der Waals surface area contributed by atoms with Crippen LogP contribution >= 0.6 is 0 Å². The number of rotatable bonds is 4. The summed E-state index contributed by atoms with van der Waals surface area (Å²) in [5.74, 6) is 0.903. The SMILES string of the molecule is CCCN(C)C(=O)c1c2c(nc3ccccc13)/C(=C\c1ccco1)CC2. The van der Waals surface area contributed by atoms with Gasteiger partial charge in [0.05, 0.1) is 23.0 Å². The quantitative estimate of drug-likeness (QED) is 0.682. The fourth-order valence-electron chi connectivity index (χ4n) is 3.70. The van der Waals surface area contributed by atoms with E-state index in [1.54, 1.807) is 6.26 Å². The molecule has 3 aromatic rings. The third-order valence-electron chi connectivity index (χ3n) is 4.92. The molecule has 0 N–H and O–H groups in total. The van der Waals surface area contributed by atoms with Crippen molar-refractivity contribution >= 4 is 28.5 Å². The van der Waals surface area contributed by atoms with Crippen LogP contribution in [-0.2, 0) is 6.42 Å². The van der Waals surface area contributed by atoms with Crippen molar-refractivity contribution in [3.63, 3.8) is 0 Å². The number of pyridine rings is 1. The number of fused-ring (bicyclic) bond motifs is 2. The van der Waals surface area contributed by atoms with E-state index in [0.29, 0.717) is 0 Å². The summed E-state index contributed by atoms with van der Waals surface area (Å²) in [7, 11) is 1.88. The fraction of sp³-hybridized carbons (Fsp3) is 0.273. The minimum Gasteiger partial charge on any atom is -0.465 e. The van der Waals surface area contributed by atoms with Gasteiger partial charge in [0.25, 0.3) is 5.91 Å². The zero-order valence-electron chi connectivity index (χ0n) is 15.2. The third kappa shape index (κ3) is 2.81. The molecule has 0 saturated heterocycles. The van der Waals surface area contributed by atoms with E-state index in [9.17, 15) is 4.79 Å². The molecule has 0 spiro atoms. The highest BCUT2D eigenvalue weighted by molar-refractivity contribution is 6.09. The molecule has 1 amide bonds. The summed E-state index contributed by atoms with van der Waals surface area (Å²) in [4.78, 5) is 19.9. The number of hydrogen-bond acceptors (Lipinski definition) is 3. The lowest BCUT2D eigenvalue weighted by molar-refractivity contribution is 0.0796. The number of amides is 1. The summed E-state index contributed by atoms with van der Waals surface area (Å²) >= 11 is 0. The van der Waals surface area contributed by atoms with Gasteiger partial charge in [0.1, 0.15) is 5.76 Å². The Kier molecular flexibility index (Phi) is 4.33. The van der Waals surface area contributed by atoms with Gasteiger partial charge in [0.15, 0.2) is 0 Å². The molecular weight excluding hydrogens is 324 g/mol. The monoisotopic (exact) mass is 346 g/mol. The van der Waals surface area contributed by atoms with Crippen molar-refractivity contribution in [3.05, 3.63) is 65.2 Å². The average Bonchev–Trinajstić information content (AvgIpc) is 3.30. The van der Waals surface area contributed by atoms with Crippen molar-refractivity contribution in [1.29, 1.82) is 0 Å². The second kappa shape index (κ2) is 6.79. The van der Waals surface area contributed by atoms with Gasteiger partial charge in [0, 0.05) is 19.0 Å². The van der Waals surface area contributed by atoms with Crippen LogP contribution in [0, 0.1) is 0 Å². The summed E-state index contributed by atoms with van der Waals surface area (Å²) in [6, 6.07) is 11.7. The van der Waals surface area contributed by atoms with Gasteiger partial charge in [-0.15, -0.1) is 0 Å². The van der Waals surface area contributed by atoms with E-state index in [1.165, 1.54) is 0 Å². The molecule has 1 aromatic carbocycles. The maximum Gasteiger partial charge on any atom is 0.254 e. The number of hydrogen-bond donors (Lipinski definition) is 0. The lowest BCUT2D eigenvalue weighted by atomic mass is 9.99. The summed E-state index contributed by atoms with van der Waals surface area (Å²) in [6.07, 6.45) is 6.36. The van der Waals surface area contributed by atoms with Gasteiger partial charge < -0.3 is 9.32 Å². The molecular formula is C22H22N2O2. The van der Waals surface area contributed by atoms with Gasteiger partial charge in [-0.1, -0.05) is 25.1 Å². The van der Waals surface area contributed by atoms with Crippen LogP contribution in [0.25, 0.3) is 22.6 Å². The Hall–Kier alpha value is -2.88. The third-order valence-corrected chi connectivity index (χ3v) is 4.92. The molecule has 4 nitrogen and oxygen atoms in total. The molecule has 0 bridgehead atoms. The van der Waals surface area contributed by atoms with Crippen molar-refractivity contribution < 1.29 is 9.21 Å². The number of benzene rings is 1. The maximum atomic E-state index is 13.2. The normalized spacial score (nSPS) is 14.8. The minimum absolute atomic E-state index is 0.0842.